The fraction of sp³-hybridized carbons (Fsp3) is 0.917. The lowest BCUT2D eigenvalue weighted by Gasteiger charge is -2.58. The zero-order valence-electron chi connectivity index (χ0n) is 10.6. The Labute approximate surface area is 104 Å². The molecule has 0 amide bonds. The number of hydrogen-bond acceptors (Lipinski definition) is 2. The molecule has 2 rings (SSSR count). The standard InChI is InChI=1S/C12H21ClO2Si/c1-5-11(13)10(14)9-7-6-8-12(9,11)15-16(2,3)4/h9H,5-8H2,1-4H3/t9?,11?,12-/m1/s1. The van der Waals surface area contributed by atoms with E-state index in [0.29, 0.717) is 6.42 Å². The Bertz CT molecular complexity index is 325. The van der Waals surface area contributed by atoms with Crippen molar-refractivity contribution in [2.45, 2.75) is 62.7 Å². The Morgan fingerprint density at radius 3 is 2.62 bits per heavy atom. The van der Waals surface area contributed by atoms with Gasteiger partial charge in [0.15, 0.2) is 14.1 Å². The predicted octanol–water partition coefficient (Wildman–Crippen LogP) is 3.35. The largest absolute Gasteiger partial charge is 0.409 e. The molecule has 0 aromatic carbocycles. The third-order valence-corrected chi connectivity index (χ3v) is 5.71. The summed E-state index contributed by atoms with van der Waals surface area (Å²) in [6.45, 7) is 8.52. The summed E-state index contributed by atoms with van der Waals surface area (Å²) in [6.07, 6.45) is 3.70. The number of alkyl halides is 1. The lowest BCUT2D eigenvalue weighted by molar-refractivity contribution is -0.160. The molecule has 0 radical (unpaired) electrons. The van der Waals surface area contributed by atoms with Gasteiger partial charge in [-0.1, -0.05) is 6.92 Å². The van der Waals surface area contributed by atoms with Crippen LogP contribution < -0.4 is 0 Å². The SMILES string of the molecule is CCC1(Cl)C(=O)C2CCC[C@@]21O[Si](C)(C)C. The van der Waals surface area contributed by atoms with Gasteiger partial charge in [-0.05, 0) is 45.3 Å². The number of carbonyl (C=O) groups excluding carboxylic acids is 1. The topological polar surface area (TPSA) is 26.3 Å². The molecule has 16 heavy (non-hydrogen) atoms. The highest BCUT2D eigenvalue weighted by Crippen LogP contribution is 2.61. The normalized spacial score (nSPS) is 43.1. The van der Waals surface area contributed by atoms with Gasteiger partial charge in [0.05, 0.1) is 5.60 Å². The summed E-state index contributed by atoms with van der Waals surface area (Å²) in [7, 11) is -1.66. The second-order valence-electron chi connectivity index (χ2n) is 6.07. The first kappa shape index (κ1) is 12.6. The highest BCUT2D eigenvalue weighted by atomic mass is 35.5. The molecule has 2 aliphatic carbocycles. The van der Waals surface area contributed by atoms with Gasteiger partial charge in [-0.15, -0.1) is 11.6 Å². The molecule has 2 fully saturated rings. The monoisotopic (exact) mass is 260 g/mol. The molecular weight excluding hydrogens is 240 g/mol. The molecule has 4 heteroatoms. The minimum absolute atomic E-state index is 0.0803. The third-order valence-electron chi connectivity index (χ3n) is 3.96. The summed E-state index contributed by atoms with van der Waals surface area (Å²) in [5.74, 6) is 0.309. The van der Waals surface area contributed by atoms with E-state index in [9.17, 15) is 4.79 Å². The lowest BCUT2D eigenvalue weighted by atomic mass is 9.60. The number of Topliss-reactive ketones (excluding diaryl/α,β-unsaturated/α-hetero) is 1. The summed E-state index contributed by atoms with van der Waals surface area (Å²) >= 11 is 6.55. The zero-order valence-corrected chi connectivity index (χ0v) is 12.4. The summed E-state index contributed by atoms with van der Waals surface area (Å²) in [4.78, 5) is 11.4. The highest BCUT2D eigenvalue weighted by molar-refractivity contribution is 6.70. The van der Waals surface area contributed by atoms with Crippen LogP contribution in [0.1, 0.15) is 32.6 Å². The highest BCUT2D eigenvalue weighted by Gasteiger charge is 2.73. The van der Waals surface area contributed by atoms with E-state index < -0.39 is 13.2 Å². The molecule has 0 heterocycles. The van der Waals surface area contributed by atoms with E-state index in [-0.39, 0.29) is 17.3 Å². The van der Waals surface area contributed by atoms with E-state index in [1.54, 1.807) is 0 Å². The smallest absolute Gasteiger partial charge is 0.184 e. The van der Waals surface area contributed by atoms with E-state index in [1.807, 2.05) is 6.92 Å². The second kappa shape index (κ2) is 3.56. The molecule has 0 spiro atoms. The first-order valence-corrected chi connectivity index (χ1v) is 9.99. The summed E-state index contributed by atoms with van der Waals surface area (Å²) < 4.78 is 6.35. The van der Waals surface area contributed by atoms with Crippen LogP contribution in [-0.4, -0.2) is 24.6 Å². The lowest BCUT2D eigenvalue weighted by Crippen LogP contribution is -2.74. The van der Waals surface area contributed by atoms with E-state index in [0.717, 1.165) is 19.3 Å². The number of ketones is 1. The van der Waals surface area contributed by atoms with Gasteiger partial charge >= 0.3 is 0 Å². The van der Waals surface area contributed by atoms with E-state index in [4.69, 9.17) is 16.0 Å². The van der Waals surface area contributed by atoms with Gasteiger partial charge in [0.1, 0.15) is 4.87 Å². The van der Waals surface area contributed by atoms with E-state index >= 15 is 0 Å². The Morgan fingerprint density at radius 1 is 1.50 bits per heavy atom. The number of carbonyl (C=O) groups is 1. The number of hydrogen-bond donors (Lipinski definition) is 0. The Balaban J connectivity index is 2.32. The van der Waals surface area contributed by atoms with Gasteiger partial charge < -0.3 is 4.43 Å². The van der Waals surface area contributed by atoms with Crippen LogP contribution in [0, 0.1) is 5.92 Å². The van der Waals surface area contributed by atoms with Gasteiger partial charge in [0.2, 0.25) is 0 Å². The average Bonchev–Trinajstić information content (AvgIpc) is 2.55. The van der Waals surface area contributed by atoms with Crippen molar-refractivity contribution in [1.29, 1.82) is 0 Å². The predicted molar refractivity (Wildman–Crippen MR) is 68.4 cm³/mol. The van der Waals surface area contributed by atoms with Crippen molar-refractivity contribution >= 4 is 25.7 Å². The number of fused-ring (bicyclic) bond motifs is 1. The quantitative estimate of drug-likeness (QED) is 0.575. The second-order valence-corrected chi connectivity index (χ2v) is 11.1. The Kier molecular flexibility index (Phi) is 2.80. The molecule has 0 aromatic rings. The van der Waals surface area contributed by atoms with Crippen molar-refractivity contribution in [3.05, 3.63) is 0 Å². The maximum atomic E-state index is 12.1. The molecule has 2 aliphatic rings. The number of halogens is 1. The van der Waals surface area contributed by atoms with Crippen molar-refractivity contribution in [2.75, 3.05) is 0 Å². The summed E-state index contributed by atoms with van der Waals surface area (Å²) in [5, 5.41) is 0. The van der Waals surface area contributed by atoms with Crippen molar-refractivity contribution < 1.29 is 9.22 Å². The van der Waals surface area contributed by atoms with Crippen molar-refractivity contribution in [1.82, 2.24) is 0 Å². The molecule has 0 N–H and O–H groups in total. The van der Waals surface area contributed by atoms with Gasteiger partial charge in [0, 0.05) is 5.92 Å². The van der Waals surface area contributed by atoms with Crippen LogP contribution in [-0.2, 0) is 9.22 Å². The first-order chi connectivity index (χ1) is 7.27. The van der Waals surface area contributed by atoms with Crippen LogP contribution in [0.25, 0.3) is 0 Å². The third kappa shape index (κ3) is 1.44. The van der Waals surface area contributed by atoms with Crippen LogP contribution in [0.2, 0.25) is 19.6 Å². The van der Waals surface area contributed by atoms with Crippen LogP contribution in [0.5, 0.6) is 0 Å². The molecule has 0 aromatic heterocycles. The molecule has 2 unspecified atom stereocenters. The minimum atomic E-state index is -1.66. The van der Waals surface area contributed by atoms with Gasteiger partial charge in [0.25, 0.3) is 0 Å². The molecule has 2 saturated carbocycles. The van der Waals surface area contributed by atoms with Gasteiger partial charge in [-0.25, -0.2) is 0 Å². The molecule has 0 aliphatic heterocycles. The summed E-state index contributed by atoms with van der Waals surface area (Å²) in [5.41, 5.74) is -0.329. The van der Waals surface area contributed by atoms with Crippen LogP contribution >= 0.6 is 11.6 Å². The van der Waals surface area contributed by atoms with Crippen LogP contribution in [0.15, 0.2) is 0 Å². The maximum absolute atomic E-state index is 12.1. The van der Waals surface area contributed by atoms with E-state index in [1.165, 1.54) is 0 Å². The van der Waals surface area contributed by atoms with Crippen molar-refractivity contribution in [3.8, 4) is 0 Å². The molecule has 3 atom stereocenters. The maximum Gasteiger partial charge on any atom is 0.184 e. The fourth-order valence-electron chi connectivity index (χ4n) is 3.42. The molecule has 0 saturated heterocycles. The van der Waals surface area contributed by atoms with Gasteiger partial charge in [-0.3, -0.25) is 4.79 Å². The molecule has 2 nitrogen and oxygen atoms in total. The van der Waals surface area contributed by atoms with Crippen LogP contribution in [0.4, 0.5) is 0 Å². The summed E-state index contributed by atoms with van der Waals surface area (Å²) in [6, 6.07) is 0. The van der Waals surface area contributed by atoms with E-state index in [2.05, 4.69) is 19.6 Å². The average molecular weight is 261 g/mol. The number of rotatable bonds is 3. The van der Waals surface area contributed by atoms with Crippen molar-refractivity contribution in [2.24, 2.45) is 5.92 Å². The Hall–Kier alpha value is 0.137. The molecule has 0 bridgehead atoms. The first-order valence-electron chi connectivity index (χ1n) is 6.20. The Morgan fingerprint density at radius 2 is 2.12 bits per heavy atom. The van der Waals surface area contributed by atoms with Gasteiger partial charge in [-0.2, -0.15) is 0 Å². The van der Waals surface area contributed by atoms with Crippen molar-refractivity contribution in [3.63, 3.8) is 0 Å². The molecular formula is C12H21ClO2Si. The minimum Gasteiger partial charge on any atom is -0.409 e. The zero-order chi connectivity index (χ0) is 12.2. The van der Waals surface area contributed by atoms with Crippen LogP contribution in [0.3, 0.4) is 0 Å². The fourth-order valence-corrected chi connectivity index (χ4v) is 5.40. The molecule has 92 valence electrons.